The van der Waals surface area contributed by atoms with Gasteiger partial charge in [0.15, 0.2) is 0 Å². The third kappa shape index (κ3) is 15.4. The van der Waals surface area contributed by atoms with E-state index in [1.807, 2.05) is 0 Å². The molecule has 0 saturated carbocycles. The Morgan fingerprint density at radius 2 is 2.00 bits per heavy atom. The molecule has 0 aliphatic heterocycles. The zero-order valence-corrected chi connectivity index (χ0v) is 12.8. The fourth-order valence-corrected chi connectivity index (χ4v) is 1.72. The molecule has 0 aliphatic carbocycles. The van der Waals surface area contributed by atoms with Crippen molar-refractivity contribution >= 4 is 5.91 Å². The van der Waals surface area contributed by atoms with Crippen LogP contribution in [0.3, 0.4) is 0 Å². The van der Waals surface area contributed by atoms with Crippen molar-refractivity contribution in [1.82, 2.24) is 5.32 Å². The molecule has 0 heterocycles. The number of nitrogens with one attached hydrogen (secondary N) is 1. The van der Waals surface area contributed by atoms with E-state index in [1.165, 1.54) is 33.1 Å². The lowest BCUT2D eigenvalue weighted by molar-refractivity contribution is -0.121. The predicted octanol–water partition coefficient (Wildman–Crippen LogP) is 4.02. The van der Waals surface area contributed by atoms with E-state index in [0.29, 0.717) is 6.42 Å². The van der Waals surface area contributed by atoms with Crippen molar-refractivity contribution in [2.75, 3.05) is 20.3 Å². The summed E-state index contributed by atoms with van der Waals surface area (Å²) in [5.41, 5.74) is 0. The Morgan fingerprint density at radius 1 is 1.33 bits per heavy atom. The number of hydrogen-bond donors (Lipinski definition) is 1. The van der Waals surface area contributed by atoms with Crippen LogP contribution in [0, 0.1) is 5.92 Å². The number of unbranched alkanes of at least 4 members (excludes halogenated alkanes) is 3. The summed E-state index contributed by atoms with van der Waals surface area (Å²) < 4.78 is 20.7. The summed E-state index contributed by atoms with van der Waals surface area (Å²) in [4.78, 5) is 11.4. The molecule has 3 nitrogen and oxygen atoms in total. The van der Waals surface area contributed by atoms with Gasteiger partial charge < -0.3 is 10.1 Å². The quantitative estimate of drug-likeness (QED) is 0.574. The van der Waals surface area contributed by atoms with E-state index in [0.717, 1.165) is 31.9 Å². The highest BCUT2D eigenvalue weighted by atomic mass is 16.5. The molecular weight excluding hydrogens is 226 g/mol. The van der Waals surface area contributed by atoms with Crippen molar-refractivity contribution in [3.8, 4) is 0 Å². The Hall–Kier alpha value is -0.570. The first-order chi connectivity index (χ1) is 10.2. The molecular formula is C15H35NO2. The van der Waals surface area contributed by atoms with Gasteiger partial charge in [-0.2, -0.15) is 0 Å². The Morgan fingerprint density at radius 3 is 2.61 bits per heavy atom. The van der Waals surface area contributed by atoms with E-state index in [2.05, 4.69) is 19.2 Å². The van der Waals surface area contributed by atoms with Crippen LogP contribution in [-0.4, -0.2) is 26.2 Å². The van der Waals surface area contributed by atoms with Gasteiger partial charge in [0.25, 0.3) is 0 Å². The van der Waals surface area contributed by atoms with Crippen molar-refractivity contribution < 1.29 is 13.9 Å². The second kappa shape index (κ2) is 14.5. The van der Waals surface area contributed by atoms with Gasteiger partial charge in [0.05, 0.1) is 0 Å². The van der Waals surface area contributed by atoms with Gasteiger partial charge in [-0.3, -0.25) is 4.79 Å². The summed E-state index contributed by atoms with van der Waals surface area (Å²) in [5, 5.41) is 2.91. The standard InChI is InChI=1S/C14H29NO2.CH4.H2/c1-13(2)9-6-4-5-7-10-14(16)15-11-8-12-17-3;;/h13H,4-12H2,1-3H3,(H,15,16);1H4;1H/i;1T;1+2T. The lowest BCUT2D eigenvalue weighted by Gasteiger charge is -2.05. The second-order valence-corrected chi connectivity index (χ2v) is 5.04. The molecule has 0 aromatic carbocycles. The molecule has 0 saturated heterocycles. The van der Waals surface area contributed by atoms with Gasteiger partial charge >= 0.3 is 0 Å². The number of methoxy groups -OCH3 is 1. The summed E-state index contributed by atoms with van der Waals surface area (Å²) in [5.74, 6) is 0.990. The first kappa shape index (κ1) is 15.5. The first-order valence-corrected chi connectivity index (χ1v) is 6.92. The van der Waals surface area contributed by atoms with Crippen LogP contribution in [0.4, 0.5) is 0 Å². The van der Waals surface area contributed by atoms with E-state index in [1.54, 1.807) is 7.11 Å². The van der Waals surface area contributed by atoms with Crippen LogP contribution in [0.15, 0.2) is 0 Å². The zero-order chi connectivity index (χ0) is 16.9. The molecule has 0 rings (SSSR count). The Balaban J connectivity index is -0.000000739. The van der Waals surface area contributed by atoms with E-state index < -0.39 is 0 Å². The topological polar surface area (TPSA) is 38.3 Å². The fraction of sp³-hybridized carbons (Fsp3) is 0.933. The van der Waals surface area contributed by atoms with Gasteiger partial charge in [-0.15, -0.1) is 0 Å². The molecule has 0 aromatic rings. The molecule has 0 atom stereocenters. The predicted molar refractivity (Wildman–Crippen MR) is 80.9 cm³/mol. The minimum absolute atomic E-state index is 0.185. The van der Waals surface area contributed by atoms with Gasteiger partial charge in [-0.25, -0.2) is 0 Å². The number of carbonyl (C=O) groups excluding carboxylic acids is 1. The van der Waals surface area contributed by atoms with E-state index >= 15 is 0 Å². The van der Waals surface area contributed by atoms with Gasteiger partial charge in [-0.1, -0.05) is 46.9 Å². The summed E-state index contributed by atoms with van der Waals surface area (Å²) in [6.07, 6.45) is 7.64. The number of ether oxygens (including phenoxy) is 1. The average molecular weight is 267 g/mol. The third-order valence-electron chi connectivity index (χ3n) is 2.78. The SMILES string of the molecule is COCCCNC(=O)CCCCCCC(C)C.[3H]C.[3H][3H]. The van der Waals surface area contributed by atoms with Gasteiger partial charge in [0.2, 0.25) is 5.91 Å². The highest BCUT2D eigenvalue weighted by Gasteiger charge is 2.00. The van der Waals surface area contributed by atoms with Crippen LogP contribution in [0.5, 0.6) is 0 Å². The summed E-state index contributed by atoms with van der Waals surface area (Å²) in [7, 11) is 2.93. The van der Waals surface area contributed by atoms with Crippen LogP contribution in [0.25, 0.3) is 0 Å². The molecule has 0 radical (unpaired) electrons. The Bertz CT molecular complexity index is 194. The smallest absolute Gasteiger partial charge is 0.219 e. The van der Waals surface area contributed by atoms with Crippen molar-refractivity contribution in [3.05, 3.63) is 0 Å². The summed E-state index contributed by atoms with van der Waals surface area (Å²) in [6, 6.07) is 0. The van der Waals surface area contributed by atoms with E-state index in [9.17, 15) is 4.79 Å². The average Bonchev–Trinajstić information content (AvgIpc) is 2.51. The van der Waals surface area contributed by atoms with Gasteiger partial charge in [-0.05, 0) is 18.8 Å². The minimum atomic E-state index is 0.185. The molecule has 0 bridgehead atoms. The molecule has 0 aromatic heterocycles. The van der Waals surface area contributed by atoms with Gasteiger partial charge in [0, 0.05) is 31.0 Å². The van der Waals surface area contributed by atoms with Crippen LogP contribution >= 0.6 is 0 Å². The lowest BCUT2D eigenvalue weighted by atomic mass is 10.0. The van der Waals surface area contributed by atoms with Crippen LogP contribution in [0.1, 0.15) is 70.5 Å². The van der Waals surface area contributed by atoms with Crippen molar-refractivity contribution in [2.45, 2.75) is 66.2 Å². The molecule has 1 amide bonds. The summed E-state index contributed by atoms with van der Waals surface area (Å²) in [6.45, 7) is 5.97. The largest absolute Gasteiger partial charge is 0.385 e. The number of hydrogen-bond acceptors (Lipinski definition) is 2. The monoisotopic (exact) mass is 267 g/mol. The van der Waals surface area contributed by atoms with Crippen LogP contribution < -0.4 is 5.32 Å². The number of amides is 1. The second-order valence-electron chi connectivity index (χ2n) is 5.04. The zero-order valence-electron chi connectivity index (χ0n) is 15.8. The molecule has 3 heteroatoms. The summed E-state index contributed by atoms with van der Waals surface area (Å²) >= 11 is 0. The fourth-order valence-electron chi connectivity index (χ4n) is 1.72. The van der Waals surface area contributed by atoms with E-state index in [-0.39, 0.29) is 5.91 Å². The normalized spacial score (nSPS) is 11.1. The Kier molecular flexibility index (Phi) is 12.5. The minimum Gasteiger partial charge on any atom is -0.385 e. The van der Waals surface area contributed by atoms with Crippen LogP contribution in [0.2, 0.25) is 0 Å². The third-order valence-corrected chi connectivity index (χ3v) is 2.78. The molecule has 0 unspecified atom stereocenters. The highest BCUT2D eigenvalue weighted by molar-refractivity contribution is 5.75. The van der Waals surface area contributed by atoms with Crippen molar-refractivity contribution in [1.29, 1.82) is 0 Å². The molecule has 1 N–H and O–H groups in total. The molecule has 112 valence electrons. The first-order valence-electron chi connectivity index (χ1n) is 8.92. The maximum atomic E-state index is 11.4. The van der Waals surface area contributed by atoms with Crippen molar-refractivity contribution in [3.63, 3.8) is 0 Å². The number of carbonyl (C=O) groups is 1. The van der Waals surface area contributed by atoms with Crippen LogP contribution in [-0.2, 0) is 9.53 Å². The highest BCUT2D eigenvalue weighted by Crippen LogP contribution is 2.10. The molecule has 18 heavy (non-hydrogen) atoms. The molecule has 0 fully saturated rings. The van der Waals surface area contributed by atoms with E-state index in [4.69, 9.17) is 9.08 Å². The molecule has 0 aliphatic rings. The maximum Gasteiger partial charge on any atom is 0.219 e. The van der Waals surface area contributed by atoms with Gasteiger partial charge in [0.1, 0.15) is 0 Å². The lowest BCUT2D eigenvalue weighted by Crippen LogP contribution is -2.24. The maximum absolute atomic E-state index is 11.4. The number of rotatable bonds is 11. The van der Waals surface area contributed by atoms with Crippen molar-refractivity contribution in [2.24, 2.45) is 5.92 Å². The molecule has 0 spiro atoms. The Labute approximate surface area is 118 Å².